The molecule has 0 aromatic heterocycles. The molecule has 0 saturated carbocycles. The molecule has 120 valence electrons. The molecule has 23 heavy (non-hydrogen) atoms. The van der Waals surface area contributed by atoms with Crippen LogP contribution in [0.25, 0.3) is 0 Å². The van der Waals surface area contributed by atoms with Crippen molar-refractivity contribution in [3.8, 4) is 0 Å². The Balaban J connectivity index is 2.17. The summed E-state index contributed by atoms with van der Waals surface area (Å²) in [6.45, 7) is 0. The Morgan fingerprint density at radius 2 is 1.87 bits per heavy atom. The lowest BCUT2D eigenvalue weighted by atomic mass is 10.1. The van der Waals surface area contributed by atoms with E-state index in [2.05, 4.69) is 5.32 Å². The zero-order valence-corrected chi connectivity index (χ0v) is 12.2. The van der Waals surface area contributed by atoms with Crippen LogP contribution in [0.4, 0.5) is 10.5 Å². The molecular formula is C13H10N2O7S. The van der Waals surface area contributed by atoms with E-state index in [1.807, 2.05) is 5.32 Å². The van der Waals surface area contributed by atoms with Gasteiger partial charge in [-0.3, -0.25) is 19.7 Å². The van der Waals surface area contributed by atoms with Crippen molar-refractivity contribution < 1.29 is 34.2 Å². The van der Waals surface area contributed by atoms with Crippen molar-refractivity contribution in [3.63, 3.8) is 0 Å². The van der Waals surface area contributed by atoms with Crippen LogP contribution in [0.2, 0.25) is 0 Å². The van der Waals surface area contributed by atoms with Crippen molar-refractivity contribution in [2.75, 3.05) is 5.32 Å². The van der Waals surface area contributed by atoms with Crippen molar-refractivity contribution >= 4 is 46.4 Å². The average Bonchev–Trinajstić information content (AvgIpc) is 2.76. The monoisotopic (exact) mass is 338 g/mol. The molecule has 1 aliphatic rings. The third-order valence-corrected chi connectivity index (χ3v) is 3.89. The summed E-state index contributed by atoms with van der Waals surface area (Å²) in [5, 5.41) is 20.8. The molecule has 4 N–H and O–H groups in total. The van der Waals surface area contributed by atoms with Gasteiger partial charge in [0.05, 0.1) is 16.8 Å². The molecule has 9 nitrogen and oxygen atoms in total. The predicted octanol–water partition coefficient (Wildman–Crippen LogP) is 0.763. The number of imide groups is 1. The fraction of sp³-hybridized carbons (Fsp3) is 0.154. The maximum absolute atomic E-state index is 11.9. The van der Waals surface area contributed by atoms with Crippen molar-refractivity contribution in [3.05, 3.63) is 29.3 Å². The maximum atomic E-state index is 11.9. The molecular weight excluding hydrogens is 328 g/mol. The van der Waals surface area contributed by atoms with E-state index < -0.39 is 34.2 Å². The molecule has 1 unspecified atom stereocenters. The number of hydrogen-bond donors (Lipinski definition) is 4. The number of aromatic carboxylic acids is 2. The Labute approximate surface area is 133 Å². The molecule has 10 heteroatoms. The normalized spacial score (nSPS) is 16.8. The third kappa shape index (κ3) is 3.86. The van der Waals surface area contributed by atoms with Gasteiger partial charge in [0.2, 0.25) is 11.8 Å². The second-order valence-electron chi connectivity index (χ2n) is 4.51. The van der Waals surface area contributed by atoms with E-state index in [0.717, 1.165) is 18.2 Å². The van der Waals surface area contributed by atoms with E-state index in [1.54, 1.807) is 0 Å². The third-order valence-electron chi connectivity index (χ3n) is 2.91. The summed E-state index contributed by atoms with van der Waals surface area (Å²) in [5.41, 5.74) is -0.687. The van der Waals surface area contributed by atoms with E-state index in [-0.39, 0.29) is 23.2 Å². The number of amides is 3. The second kappa shape index (κ2) is 6.48. The molecule has 0 spiro atoms. The van der Waals surface area contributed by atoms with Gasteiger partial charge in [0.1, 0.15) is 5.25 Å². The standard InChI is InChI=1S/C13H10N2O7S/c16-9(4-8-10(17)15-13(22)23-8)14-7-3-5(11(18)19)1-2-6(7)12(20)21/h1-3,8H,4H2,(H,14,16)(H,18,19)(H,20,21)(H,15,17,22). The Morgan fingerprint density at radius 3 is 2.39 bits per heavy atom. The van der Waals surface area contributed by atoms with Crippen LogP contribution >= 0.6 is 11.8 Å². The molecule has 1 saturated heterocycles. The number of rotatable bonds is 5. The SMILES string of the molecule is O=C(CC1SC(=O)NC1=O)Nc1cc(C(=O)O)ccc1C(=O)O. The number of carbonyl (C=O) groups is 5. The fourth-order valence-electron chi connectivity index (χ4n) is 1.86. The van der Waals surface area contributed by atoms with Gasteiger partial charge in [0, 0.05) is 6.42 Å². The first-order chi connectivity index (χ1) is 10.8. The Kier molecular flexibility index (Phi) is 4.65. The van der Waals surface area contributed by atoms with Crippen molar-refractivity contribution in [1.29, 1.82) is 0 Å². The summed E-state index contributed by atoms with van der Waals surface area (Å²) in [4.78, 5) is 56.4. The molecule has 1 aromatic rings. The van der Waals surface area contributed by atoms with E-state index >= 15 is 0 Å². The number of nitrogens with one attached hydrogen (secondary N) is 2. The van der Waals surface area contributed by atoms with Crippen LogP contribution in [-0.2, 0) is 9.59 Å². The van der Waals surface area contributed by atoms with Gasteiger partial charge in [0.15, 0.2) is 0 Å². The summed E-state index contributed by atoms with van der Waals surface area (Å²) in [6, 6.07) is 3.17. The van der Waals surface area contributed by atoms with Gasteiger partial charge in [-0.25, -0.2) is 9.59 Å². The minimum atomic E-state index is -1.35. The summed E-state index contributed by atoms with van der Waals surface area (Å²) >= 11 is 0.660. The molecule has 1 fully saturated rings. The van der Waals surface area contributed by atoms with Crippen LogP contribution in [0, 0.1) is 0 Å². The van der Waals surface area contributed by atoms with Gasteiger partial charge < -0.3 is 15.5 Å². The van der Waals surface area contributed by atoms with Crippen LogP contribution in [-0.4, -0.2) is 44.5 Å². The first-order valence-electron chi connectivity index (χ1n) is 6.20. The van der Waals surface area contributed by atoms with Crippen LogP contribution in [0.1, 0.15) is 27.1 Å². The largest absolute Gasteiger partial charge is 0.478 e. The summed E-state index contributed by atoms with van der Waals surface area (Å²) in [6.07, 6.45) is -0.349. The van der Waals surface area contributed by atoms with Crippen molar-refractivity contribution in [2.45, 2.75) is 11.7 Å². The van der Waals surface area contributed by atoms with Crippen LogP contribution in [0.3, 0.4) is 0 Å². The number of anilines is 1. The molecule has 1 aromatic carbocycles. The molecule has 1 aliphatic heterocycles. The topological polar surface area (TPSA) is 150 Å². The molecule has 0 radical (unpaired) electrons. The summed E-state index contributed by atoms with van der Waals surface area (Å²) in [5.74, 6) is -3.94. The zero-order valence-electron chi connectivity index (χ0n) is 11.4. The van der Waals surface area contributed by atoms with E-state index in [9.17, 15) is 24.0 Å². The second-order valence-corrected chi connectivity index (χ2v) is 5.68. The minimum absolute atomic E-state index is 0.197. The fourth-order valence-corrected chi connectivity index (χ4v) is 2.68. The highest BCUT2D eigenvalue weighted by Gasteiger charge is 2.33. The maximum Gasteiger partial charge on any atom is 0.337 e. The molecule has 0 aliphatic carbocycles. The van der Waals surface area contributed by atoms with Gasteiger partial charge in [-0.1, -0.05) is 11.8 Å². The van der Waals surface area contributed by atoms with Crippen molar-refractivity contribution in [1.82, 2.24) is 5.32 Å². The van der Waals surface area contributed by atoms with Crippen molar-refractivity contribution in [2.24, 2.45) is 0 Å². The van der Waals surface area contributed by atoms with Gasteiger partial charge in [0.25, 0.3) is 5.24 Å². The average molecular weight is 338 g/mol. The first kappa shape index (κ1) is 16.5. The number of carboxylic acid groups (broad SMARTS) is 2. The van der Waals surface area contributed by atoms with Gasteiger partial charge >= 0.3 is 11.9 Å². The lowest BCUT2D eigenvalue weighted by Crippen LogP contribution is -2.28. The highest BCUT2D eigenvalue weighted by molar-refractivity contribution is 8.15. The molecule has 0 bridgehead atoms. The highest BCUT2D eigenvalue weighted by atomic mass is 32.2. The number of carboxylic acids is 2. The Bertz CT molecular complexity index is 731. The Hall–Kier alpha value is -2.88. The van der Waals surface area contributed by atoms with Gasteiger partial charge in [-0.15, -0.1) is 0 Å². The van der Waals surface area contributed by atoms with Crippen LogP contribution in [0.5, 0.6) is 0 Å². The van der Waals surface area contributed by atoms with E-state index in [1.165, 1.54) is 0 Å². The van der Waals surface area contributed by atoms with E-state index in [0.29, 0.717) is 11.8 Å². The molecule has 3 amide bonds. The number of carbonyl (C=O) groups excluding carboxylic acids is 3. The minimum Gasteiger partial charge on any atom is -0.478 e. The van der Waals surface area contributed by atoms with Gasteiger partial charge in [-0.2, -0.15) is 0 Å². The zero-order chi connectivity index (χ0) is 17.1. The highest BCUT2D eigenvalue weighted by Crippen LogP contribution is 2.24. The lowest BCUT2D eigenvalue weighted by molar-refractivity contribution is -0.122. The van der Waals surface area contributed by atoms with Crippen LogP contribution in [0.15, 0.2) is 18.2 Å². The molecule has 1 heterocycles. The summed E-state index contributed by atoms with van der Waals surface area (Å²) < 4.78 is 0. The first-order valence-corrected chi connectivity index (χ1v) is 7.08. The molecule has 1 atom stereocenters. The smallest absolute Gasteiger partial charge is 0.337 e. The number of benzene rings is 1. The Morgan fingerprint density at radius 1 is 1.17 bits per heavy atom. The lowest BCUT2D eigenvalue weighted by Gasteiger charge is -2.10. The van der Waals surface area contributed by atoms with Gasteiger partial charge in [-0.05, 0) is 18.2 Å². The quantitative estimate of drug-likeness (QED) is 0.614. The predicted molar refractivity (Wildman–Crippen MR) is 78.5 cm³/mol. The number of hydrogen-bond acceptors (Lipinski definition) is 6. The summed E-state index contributed by atoms with van der Waals surface area (Å²) in [7, 11) is 0. The molecule has 2 rings (SSSR count). The van der Waals surface area contributed by atoms with Crippen LogP contribution < -0.4 is 10.6 Å². The van der Waals surface area contributed by atoms with E-state index in [4.69, 9.17) is 10.2 Å². The number of thioether (sulfide) groups is 1.